The van der Waals surface area contributed by atoms with E-state index in [2.05, 4.69) is 46.6 Å². The molecule has 118 valence electrons. The van der Waals surface area contributed by atoms with Crippen molar-refractivity contribution in [2.45, 2.75) is 13.8 Å². The van der Waals surface area contributed by atoms with E-state index in [4.69, 9.17) is 5.26 Å². The van der Waals surface area contributed by atoms with Crippen LogP contribution in [0.25, 0.3) is 0 Å². The highest BCUT2D eigenvalue weighted by molar-refractivity contribution is 5.65. The molecule has 1 heterocycles. The number of nitriles is 1. The third kappa shape index (κ3) is 3.50. The van der Waals surface area contributed by atoms with Crippen molar-refractivity contribution in [3.8, 4) is 6.07 Å². The predicted molar refractivity (Wildman–Crippen MR) is 95.7 cm³/mol. The second-order valence-electron chi connectivity index (χ2n) is 5.48. The van der Waals surface area contributed by atoms with E-state index >= 15 is 0 Å². The number of anilines is 4. The van der Waals surface area contributed by atoms with Crippen LogP contribution < -0.4 is 10.6 Å². The Hall–Kier alpha value is -3.39. The lowest BCUT2D eigenvalue weighted by atomic mass is 10.1. The monoisotopic (exact) mass is 315 g/mol. The molecule has 3 aromatic rings. The highest BCUT2D eigenvalue weighted by Crippen LogP contribution is 2.23. The third-order valence-electron chi connectivity index (χ3n) is 3.82. The zero-order valence-corrected chi connectivity index (χ0v) is 13.5. The van der Waals surface area contributed by atoms with E-state index in [1.54, 1.807) is 12.1 Å². The van der Waals surface area contributed by atoms with Crippen molar-refractivity contribution in [2.75, 3.05) is 10.6 Å². The topological polar surface area (TPSA) is 73.6 Å². The Balaban J connectivity index is 1.78. The number of aromatic nitrogens is 2. The number of nitrogens with one attached hydrogen (secondary N) is 2. The summed E-state index contributed by atoms with van der Waals surface area (Å²) in [4.78, 5) is 8.50. The molecule has 5 heteroatoms. The highest BCUT2D eigenvalue weighted by Gasteiger charge is 2.04. The molecule has 0 bridgehead atoms. The molecule has 2 aromatic carbocycles. The van der Waals surface area contributed by atoms with Gasteiger partial charge in [0, 0.05) is 17.4 Å². The van der Waals surface area contributed by atoms with Crippen LogP contribution in [0.5, 0.6) is 0 Å². The van der Waals surface area contributed by atoms with Crippen LogP contribution in [-0.4, -0.2) is 9.97 Å². The van der Waals surface area contributed by atoms with Gasteiger partial charge in [-0.15, -0.1) is 0 Å². The van der Waals surface area contributed by atoms with Gasteiger partial charge in [-0.25, -0.2) is 9.97 Å². The van der Waals surface area contributed by atoms with Crippen molar-refractivity contribution in [1.82, 2.24) is 9.97 Å². The molecule has 0 spiro atoms. The maximum Gasteiger partial charge on any atom is 0.135 e. The Bertz CT molecular complexity index is 894. The number of hydrogen-bond acceptors (Lipinski definition) is 5. The summed E-state index contributed by atoms with van der Waals surface area (Å²) in [6, 6.07) is 17.3. The van der Waals surface area contributed by atoms with Gasteiger partial charge in [0.2, 0.25) is 0 Å². The first kappa shape index (κ1) is 15.5. The molecule has 3 rings (SSSR count). The maximum atomic E-state index is 8.84. The van der Waals surface area contributed by atoms with Crippen molar-refractivity contribution in [1.29, 1.82) is 5.26 Å². The molecule has 0 saturated heterocycles. The van der Waals surface area contributed by atoms with Crippen molar-refractivity contribution < 1.29 is 0 Å². The molecule has 2 N–H and O–H groups in total. The summed E-state index contributed by atoms with van der Waals surface area (Å²) in [7, 11) is 0. The molecule has 24 heavy (non-hydrogen) atoms. The van der Waals surface area contributed by atoms with Crippen molar-refractivity contribution in [3.05, 3.63) is 71.5 Å². The molecule has 0 radical (unpaired) electrons. The molecular weight excluding hydrogens is 298 g/mol. The second-order valence-corrected chi connectivity index (χ2v) is 5.48. The first-order valence-corrected chi connectivity index (χ1v) is 7.58. The SMILES string of the molecule is Cc1cccc(Nc2cc(Nc3ccc(C#N)cc3)ncn2)c1C. The van der Waals surface area contributed by atoms with E-state index in [9.17, 15) is 0 Å². The molecule has 0 atom stereocenters. The Kier molecular flexibility index (Phi) is 4.39. The van der Waals surface area contributed by atoms with Gasteiger partial charge >= 0.3 is 0 Å². The van der Waals surface area contributed by atoms with Crippen LogP contribution in [-0.2, 0) is 0 Å². The lowest BCUT2D eigenvalue weighted by Gasteiger charge is -2.12. The molecule has 0 fully saturated rings. The summed E-state index contributed by atoms with van der Waals surface area (Å²) >= 11 is 0. The molecule has 0 saturated carbocycles. The zero-order chi connectivity index (χ0) is 16.9. The van der Waals surface area contributed by atoms with Gasteiger partial charge in [0.05, 0.1) is 11.6 Å². The smallest absolute Gasteiger partial charge is 0.135 e. The molecule has 0 aliphatic heterocycles. The molecule has 5 nitrogen and oxygen atoms in total. The quantitative estimate of drug-likeness (QED) is 0.744. The van der Waals surface area contributed by atoms with E-state index in [-0.39, 0.29) is 0 Å². The maximum absolute atomic E-state index is 8.84. The predicted octanol–water partition coefficient (Wildman–Crippen LogP) is 4.45. The summed E-state index contributed by atoms with van der Waals surface area (Å²) in [5.41, 5.74) is 4.94. The number of hydrogen-bond donors (Lipinski definition) is 2. The average Bonchev–Trinajstić information content (AvgIpc) is 2.60. The van der Waals surface area contributed by atoms with Crippen LogP contribution in [0.4, 0.5) is 23.0 Å². The van der Waals surface area contributed by atoms with Gasteiger partial charge < -0.3 is 10.6 Å². The van der Waals surface area contributed by atoms with E-state index in [1.165, 1.54) is 17.5 Å². The summed E-state index contributed by atoms with van der Waals surface area (Å²) in [6.07, 6.45) is 1.51. The molecule has 1 aromatic heterocycles. The van der Waals surface area contributed by atoms with Crippen molar-refractivity contribution in [3.63, 3.8) is 0 Å². The zero-order valence-electron chi connectivity index (χ0n) is 13.5. The number of rotatable bonds is 4. The Morgan fingerprint density at radius 2 is 1.62 bits per heavy atom. The summed E-state index contributed by atoms with van der Waals surface area (Å²) in [5.74, 6) is 1.40. The summed E-state index contributed by atoms with van der Waals surface area (Å²) in [5, 5.41) is 15.4. The standard InChI is InChI=1S/C19H17N5/c1-13-4-3-5-17(14(13)2)24-19-10-18(21-12-22-19)23-16-8-6-15(11-20)7-9-16/h3-10,12H,1-2H3,(H2,21,22,23,24). The Morgan fingerprint density at radius 3 is 2.33 bits per heavy atom. The van der Waals surface area contributed by atoms with Crippen LogP contribution in [0, 0.1) is 25.2 Å². The van der Waals surface area contributed by atoms with Gasteiger partial charge in [0.25, 0.3) is 0 Å². The average molecular weight is 315 g/mol. The normalized spacial score (nSPS) is 10.0. The van der Waals surface area contributed by atoms with Gasteiger partial charge in [0.1, 0.15) is 18.0 Å². The van der Waals surface area contributed by atoms with Crippen LogP contribution in [0.3, 0.4) is 0 Å². The molecular formula is C19H17N5. The van der Waals surface area contributed by atoms with Crippen LogP contribution in [0.1, 0.15) is 16.7 Å². The first-order chi connectivity index (χ1) is 11.7. The van der Waals surface area contributed by atoms with Gasteiger partial charge in [0.15, 0.2) is 0 Å². The van der Waals surface area contributed by atoms with Gasteiger partial charge in [-0.2, -0.15) is 5.26 Å². The van der Waals surface area contributed by atoms with Crippen LogP contribution >= 0.6 is 0 Å². The van der Waals surface area contributed by atoms with E-state index in [0.717, 1.165) is 17.2 Å². The minimum Gasteiger partial charge on any atom is -0.340 e. The third-order valence-corrected chi connectivity index (χ3v) is 3.82. The number of nitrogens with zero attached hydrogens (tertiary/aromatic N) is 3. The van der Waals surface area contributed by atoms with Crippen LogP contribution in [0.15, 0.2) is 54.9 Å². The minimum absolute atomic E-state index is 0.625. The Labute approximate surface area is 141 Å². The highest BCUT2D eigenvalue weighted by atomic mass is 15.1. The summed E-state index contributed by atoms with van der Waals surface area (Å²) < 4.78 is 0. The van der Waals surface area contributed by atoms with Crippen molar-refractivity contribution in [2.24, 2.45) is 0 Å². The fourth-order valence-electron chi connectivity index (χ4n) is 2.29. The fraction of sp³-hybridized carbons (Fsp3) is 0.105. The van der Waals surface area contributed by atoms with Gasteiger partial charge in [-0.05, 0) is 55.3 Å². The fourth-order valence-corrected chi connectivity index (χ4v) is 2.29. The van der Waals surface area contributed by atoms with E-state index < -0.39 is 0 Å². The molecule has 0 amide bonds. The Morgan fingerprint density at radius 1 is 0.917 bits per heavy atom. The lowest BCUT2D eigenvalue weighted by molar-refractivity contribution is 1.16. The minimum atomic E-state index is 0.625. The summed E-state index contributed by atoms with van der Waals surface area (Å²) in [6.45, 7) is 4.16. The van der Waals surface area contributed by atoms with Crippen LogP contribution in [0.2, 0.25) is 0 Å². The molecule has 0 aliphatic carbocycles. The largest absolute Gasteiger partial charge is 0.340 e. The number of benzene rings is 2. The van der Waals surface area contributed by atoms with Gasteiger partial charge in [-0.1, -0.05) is 12.1 Å². The number of aryl methyl sites for hydroxylation is 1. The van der Waals surface area contributed by atoms with Gasteiger partial charge in [-0.3, -0.25) is 0 Å². The molecule has 0 unspecified atom stereocenters. The first-order valence-electron chi connectivity index (χ1n) is 7.58. The van der Waals surface area contributed by atoms with Crippen molar-refractivity contribution >= 4 is 23.0 Å². The van der Waals surface area contributed by atoms with E-state index in [1.807, 2.05) is 30.3 Å². The van der Waals surface area contributed by atoms with E-state index in [0.29, 0.717) is 11.4 Å². The molecule has 0 aliphatic rings. The lowest BCUT2D eigenvalue weighted by Crippen LogP contribution is -2.00. The second kappa shape index (κ2) is 6.80.